The molecule has 70 valence electrons. The van der Waals surface area contributed by atoms with Crippen LogP contribution in [0.15, 0.2) is 12.1 Å². The van der Waals surface area contributed by atoms with Gasteiger partial charge in [0.2, 0.25) is 5.95 Å². The van der Waals surface area contributed by atoms with Gasteiger partial charge < -0.3 is 4.74 Å². The lowest BCUT2D eigenvalue weighted by atomic mass is 10.3. The first kappa shape index (κ1) is 9.57. The summed E-state index contributed by atoms with van der Waals surface area (Å²) < 4.78 is 29.3. The lowest BCUT2D eigenvalue weighted by Crippen LogP contribution is -2.07. The highest BCUT2D eigenvalue weighted by atomic mass is 19.1. The second kappa shape index (κ2) is 3.93. The van der Waals surface area contributed by atoms with Gasteiger partial charge in [0.1, 0.15) is 5.82 Å². The number of esters is 1. The van der Waals surface area contributed by atoms with Crippen molar-refractivity contribution in [3.8, 4) is 0 Å². The predicted molar refractivity (Wildman–Crippen MR) is 39.9 cm³/mol. The van der Waals surface area contributed by atoms with Crippen LogP contribution in [-0.2, 0) is 16.0 Å². The van der Waals surface area contributed by atoms with Gasteiger partial charge in [0.25, 0.3) is 0 Å². The highest BCUT2D eigenvalue weighted by Gasteiger charge is 2.07. The Kier molecular flexibility index (Phi) is 2.89. The van der Waals surface area contributed by atoms with Crippen molar-refractivity contribution < 1.29 is 18.3 Å². The van der Waals surface area contributed by atoms with E-state index in [-0.39, 0.29) is 12.1 Å². The van der Waals surface area contributed by atoms with E-state index in [1.54, 1.807) is 0 Å². The molecule has 0 radical (unpaired) electrons. The van der Waals surface area contributed by atoms with Crippen molar-refractivity contribution in [2.45, 2.75) is 6.42 Å². The second-order valence-electron chi connectivity index (χ2n) is 2.35. The fraction of sp³-hybridized carbons (Fsp3) is 0.250. The zero-order valence-corrected chi connectivity index (χ0v) is 6.88. The third-order valence-corrected chi connectivity index (χ3v) is 1.37. The van der Waals surface area contributed by atoms with Crippen LogP contribution in [-0.4, -0.2) is 18.1 Å². The van der Waals surface area contributed by atoms with E-state index in [2.05, 4.69) is 9.72 Å². The summed E-state index contributed by atoms with van der Waals surface area (Å²) in [7, 11) is 1.19. The molecule has 0 unspecified atom stereocenters. The Morgan fingerprint density at radius 1 is 1.54 bits per heavy atom. The standard InChI is InChI=1S/C8H7F2NO2/c1-13-8(12)4-6-2-5(9)3-7(10)11-6/h2-3H,4H2,1H3. The molecule has 13 heavy (non-hydrogen) atoms. The van der Waals surface area contributed by atoms with E-state index in [0.29, 0.717) is 6.07 Å². The monoisotopic (exact) mass is 187 g/mol. The lowest BCUT2D eigenvalue weighted by Gasteiger charge is -1.99. The van der Waals surface area contributed by atoms with Gasteiger partial charge in [-0.15, -0.1) is 0 Å². The molecule has 0 fully saturated rings. The zero-order chi connectivity index (χ0) is 9.84. The second-order valence-corrected chi connectivity index (χ2v) is 2.35. The largest absolute Gasteiger partial charge is 0.469 e. The Balaban J connectivity index is 2.83. The van der Waals surface area contributed by atoms with Crippen LogP contribution in [0.5, 0.6) is 0 Å². The summed E-state index contributed by atoms with van der Waals surface area (Å²) in [5.74, 6) is -2.29. The molecule has 0 aliphatic heterocycles. The minimum atomic E-state index is -0.945. The van der Waals surface area contributed by atoms with Gasteiger partial charge >= 0.3 is 5.97 Å². The molecule has 0 atom stereocenters. The topological polar surface area (TPSA) is 39.2 Å². The van der Waals surface area contributed by atoms with Gasteiger partial charge in [-0.2, -0.15) is 4.39 Å². The average Bonchev–Trinajstić information content (AvgIpc) is 2.02. The van der Waals surface area contributed by atoms with Crippen molar-refractivity contribution in [1.82, 2.24) is 4.98 Å². The number of hydrogen-bond donors (Lipinski definition) is 0. The average molecular weight is 187 g/mol. The normalized spacial score (nSPS) is 9.77. The number of aromatic nitrogens is 1. The first-order valence-electron chi connectivity index (χ1n) is 3.50. The van der Waals surface area contributed by atoms with Crippen LogP contribution in [0.4, 0.5) is 8.78 Å². The van der Waals surface area contributed by atoms with Crippen molar-refractivity contribution in [2.75, 3.05) is 7.11 Å². The summed E-state index contributed by atoms with van der Waals surface area (Å²) in [6, 6.07) is 1.63. The Labute approximate surface area is 73.4 Å². The van der Waals surface area contributed by atoms with E-state index in [0.717, 1.165) is 6.07 Å². The van der Waals surface area contributed by atoms with Crippen LogP contribution in [0.1, 0.15) is 5.69 Å². The van der Waals surface area contributed by atoms with E-state index >= 15 is 0 Å². The molecule has 0 spiro atoms. The van der Waals surface area contributed by atoms with Crippen molar-refractivity contribution in [3.05, 3.63) is 29.6 Å². The van der Waals surface area contributed by atoms with Crippen molar-refractivity contribution in [3.63, 3.8) is 0 Å². The summed E-state index contributed by atoms with van der Waals surface area (Å²) in [6.45, 7) is 0. The first-order valence-corrected chi connectivity index (χ1v) is 3.50. The Morgan fingerprint density at radius 3 is 2.77 bits per heavy atom. The van der Waals surface area contributed by atoms with E-state index < -0.39 is 17.7 Å². The molecular formula is C8H7F2NO2. The molecule has 1 rings (SSSR count). The number of hydrogen-bond acceptors (Lipinski definition) is 3. The van der Waals surface area contributed by atoms with Gasteiger partial charge in [0.15, 0.2) is 0 Å². The van der Waals surface area contributed by atoms with Crippen LogP contribution < -0.4 is 0 Å². The summed E-state index contributed by atoms with van der Waals surface area (Å²) in [4.78, 5) is 14.0. The van der Waals surface area contributed by atoms with Gasteiger partial charge in [0, 0.05) is 6.07 Å². The number of ether oxygens (including phenoxy) is 1. The quantitative estimate of drug-likeness (QED) is 0.513. The van der Waals surface area contributed by atoms with Crippen LogP contribution in [0, 0.1) is 11.8 Å². The number of carbonyl (C=O) groups excluding carboxylic acids is 1. The molecule has 1 aromatic rings. The van der Waals surface area contributed by atoms with Gasteiger partial charge in [-0.05, 0) is 6.07 Å². The summed E-state index contributed by atoms with van der Waals surface area (Å²) in [5.41, 5.74) is 0.0179. The van der Waals surface area contributed by atoms with Crippen LogP contribution >= 0.6 is 0 Å². The Hall–Kier alpha value is -1.52. The fourth-order valence-corrected chi connectivity index (χ4v) is 0.827. The first-order chi connectivity index (χ1) is 6.11. The predicted octanol–water partition coefficient (Wildman–Crippen LogP) is 1.08. The maximum atomic E-state index is 12.6. The van der Waals surface area contributed by atoms with E-state index in [4.69, 9.17) is 0 Å². The van der Waals surface area contributed by atoms with Crippen LogP contribution in [0.25, 0.3) is 0 Å². The summed E-state index contributed by atoms with van der Waals surface area (Å²) in [5, 5.41) is 0. The zero-order valence-electron chi connectivity index (χ0n) is 6.88. The molecular weight excluding hydrogens is 180 g/mol. The minimum absolute atomic E-state index is 0.0179. The number of rotatable bonds is 2. The van der Waals surface area contributed by atoms with Crippen LogP contribution in [0.3, 0.4) is 0 Å². The van der Waals surface area contributed by atoms with E-state index in [1.165, 1.54) is 7.11 Å². The van der Waals surface area contributed by atoms with Gasteiger partial charge in [0.05, 0.1) is 19.2 Å². The molecule has 0 aliphatic rings. The van der Waals surface area contributed by atoms with E-state index in [9.17, 15) is 13.6 Å². The van der Waals surface area contributed by atoms with Crippen molar-refractivity contribution >= 4 is 5.97 Å². The van der Waals surface area contributed by atoms with Gasteiger partial charge in [-0.25, -0.2) is 9.37 Å². The highest BCUT2D eigenvalue weighted by molar-refractivity contribution is 5.71. The molecule has 0 N–H and O–H groups in total. The minimum Gasteiger partial charge on any atom is -0.469 e. The number of halogens is 2. The molecule has 1 heterocycles. The maximum Gasteiger partial charge on any atom is 0.311 e. The third-order valence-electron chi connectivity index (χ3n) is 1.37. The van der Waals surface area contributed by atoms with E-state index in [1.807, 2.05) is 0 Å². The maximum absolute atomic E-state index is 12.6. The van der Waals surface area contributed by atoms with Gasteiger partial charge in [-0.1, -0.05) is 0 Å². The highest BCUT2D eigenvalue weighted by Crippen LogP contribution is 2.04. The number of methoxy groups -OCH3 is 1. The number of carbonyl (C=O) groups is 1. The molecule has 0 aliphatic carbocycles. The molecule has 0 aromatic carbocycles. The molecule has 0 bridgehead atoms. The van der Waals surface area contributed by atoms with Crippen LogP contribution in [0.2, 0.25) is 0 Å². The Morgan fingerprint density at radius 2 is 2.23 bits per heavy atom. The molecule has 3 nitrogen and oxygen atoms in total. The molecule has 0 saturated carbocycles. The smallest absolute Gasteiger partial charge is 0.311 e. The summed E-state index contributed by atoms with van der Waals surface area (Å²) >= 11 is 0. The third kappa shape index (κ3) is 2.77. The van der Waals surface area contributed by atoms with Gasteiger partial charge in [-0.3, -0.25) is 4.79 Å². The molecule has 0 saturated heterocycles. The number of nitrogens with zero attached hydrogens (tertiary/aromatic N) is 1. The fourth-order valence-electron chi connectivity index (χ4n) is 0.827. The molecule has 0 amide bonds. The molecule has 5 heteroatoms. The van der Waals surface area contributed by atoms with Crippen molar-refractivity contribution in [2.24, 2.45) is 0 Å². The molecule has 1 aromatic heterocycles. The number of pyridine rings is 1. The SMILES string of the molecule is COC(=O)Cc1cc(F)cc(F)n1. The van der Waals surface area contributed by atoms with Crippen molar-refractivity contribution in [1.29, 1.82) is 0 Å². The lowest BCUT2D eigenvalue weighted by molar-refractivity contribution is -0.139. The Bertz CT molecular complexity index is 308. The summed E-state index contributed by atoms with van der Waals surface area (Å²) in [6.07, 6.45) is -0.231.